The van der Waals surface area contributed by atoms with E-state index < -0.39 is 6.09 Å². The van der Waals surface area contributed by atoms with Crippen LogP contribution in [0.4, 0.5) is 4.79 Å². The Hall–Kier alpha value is -3.06. The molecule has 1 aromatic heterocycles. The molecule has 5 rings (SSSR count). The second-order valence-electron chi connectivity index (χ2n) is 7.51. The number of fused-ring (bicyclic) bond motifs is 4. The lowest BCUT2D eigenvalue weighted by atomic mass is 9.93. The highest BCUT2D eigenvalue weighted by Gasteiger charge is 2.20. The summed E-state index contributed by atoms with van der Waals surface area (Å²) in [5, 5.41) is 11.5. The van der Waals surface area contributed by atoms with Crippen molar-refractivity contribution in [1.82, 2.24) is 15.5 Å². The SMILES string of the molecule is O=C1NCCCOc2ccc3[nH]nc(c3c2)-c2cc(cc(C3CCOC3)c2)CO1. The zero-order valence-electron chi connectivity index (χ0n) is 16.1. The third-order valence-electron chi connectivity index (χ3n) is 5.45. The first-order chi connectivity index (χ1) is 14.3. The minimum absolute atomic E-state index is 0.213. The van der Waals surface area contributed by atoms with Crippen LogP contribution < -0.4 is 10.1 Å². The number of H-pyrrole nitrogens is 1. The fourth-order valence-corrected chi connectivity index (χ4v) is 3.93. The van der Waals surface area contributed by atoms with Crippen LogP contribution in [-0.2, 0) is 16.1 Å². The van der Waals surface area contributed by atoms with E-state index in [0.717, 1.165) is 46.5 Å². The normalized spacial score (nSPS) is 19.9. The molecule has 3 aromatic rings. The molecule has 150 valence electrons. The van der Waals surface area contributed by atoms with Crippen molar-refractivity contribution in [3.8, 4) is 17.0 Å². The van der Waals surface area contributed by atoms with Crippen LogP contribution in [0.2, 0.25) is 0 Å². The molecular weight excluding hydrogens is 370 g/mol. The minimum atomic E-state index is -0.418. The zero-order valence-corrected chi connectivity index (χ0v) is 16.1. The van der Waals surface area contributed by atoms with Crippen molar-refractivity contribution in [2.75, 3.05) is 26.4 Å². The van der Waals surface area contributed by atoms with E-state index in [1.807, 2.05) is 24.3 Å². The van der Waals surface area contributed by atoms with Crippen molar-refractivity contribution in [1.29, 1.82) is 0 Å². The number of ether oxygens (including phenoxy) is 3. The van der Waals surface area contributed by atoms with Crippen LogP contribution in [0.5, 0.6) is 5.75 Å². The molecule has 1 saturated heterocycles. The van der Waals surface area contributed by atoms with Crippen LogP contribution in [0.25, 0.3) is 22.2 Å². The van der Waals surface area contributed by atoms with Crippen LogP contribution >= 0.6 is 0 Å². The second kappa shape index (κ2) is 7.75. The molecule has 1 atom stereocenters. The van der Waals surface area contributed by atoms with Gasteiger partial charge in [-0.05, 0) is 54.3 Å². The molecule has 2 aromatic carbocycles. The summed E-state index contributed by atoms with van der Waals surface area (Å²) in [6.45, 7) is 2.71. The number of aromatic amines is 1. The van der Waals surface area contributed by atoms with Gasteiger partial charge in [0.1, 0.15) is 18.1 Å². The van der Waals surface area contributed by atoms with Gasteiger partial charge in [-0.15, -0.1) is 0 Å². The van der Waals surface area contributed by atoms with E-state index in [2.05, 4.69) is 27.6 Å². The number of nitrogens with zero attached hydrogens (tertiary/aromatic N) is 1. The van der Waals surface area contributed by atoms with Gasteiger partial charge in [-0.1, -0.05) is 6.07 Å². The predicted octanol–water partition coefficient (Wildman–Crippen LogP) is 3.74. The first-order valence-corrected chi connectivity index (χ1v) is 10.00. The highest BCUT2D eigenvalue weighted by molar-refractivity contribution is 5.94. The van der Waals surface area contributed by atoms with E-state index in [-0.39, 0.29) is 6.61 Å². The van der Waals surface area contributed by atoms with Crippen molar-refractivity contribution in [2.45, 2.75) is 25.4 Å². The largest absolute Gasteiger partial charge is 0.494 e. The molecule has 29 heavy (non-hydrogen) atoms. The summed E-state index contributed by atoms with van der Waals surface area (Å²) in [6.07, 6.45) is 1.27. The van der Waals surface area contributed by atoms with Crippen LogP contribution in [-0.4, -0.2) is 42.7 Å². The average Bonchev–Trinajstić information content (AvgIpc) is 3.41. The van der Waals surface area contributed by atoms with Gasteiger partial charge < -0.3 is 19.5 Å². The van der Waals surface area contributed by atoms with Crippen LogP contribution in [0.15, 0.2) is 36.4 Å². The van der Waals surface area contributed by atoms with Gasteiger partial charge in [-0.3, -0.25) is 5.10 Å². The van der Waals surface area contributed by atoms with Crippen molar-refractivity contribution in [2.24, 2.45) is 0 Å². The number of nitrogens with one attached hydrogen (secondary N) is 2. The number of aromatic nitrogens is 2. The Morgan fingerprint density at radius 3 is 2.93 bits per heavy atom. The molecule has 2 aliphatic rings. The van der Waals surface area contributed by atoms with Gasteiger partial charge >= 0.3 is 6.09 Å². The van der Waals surface area contributed by atoms with Gasteiger partial charge in [0.15, 0.2) is 0 Å². The Bertz CT molecular complexity index is 1040. The molecule has 0 saturated carbocycles. The van der Waals surface area contributed by atoms with Gasteiger partial charge in [0.2, 0.25) is 0 Å². The number of rotatable bonds is 1. The Balaban J connectivity index is 1.61. The number of alkyl carbamates (subject to hydrolysis) is 1. The van der Waals surface area contributed by atoms with Gasteiger partial charge in [-0.2, -0.15) is 5.10 Å². The van der Waals surface area contributed by atoms with Gasteiger partial charge in [0.05, 0.1) is 18.7 Å². The van der Waals surface area contributed by atoms with Crippen LogP contribution in [0.3, 0.4) is 0 Å². The fourth-order valence-electron chi connectivity index (χ4n) is 3.93. The number of benzene rings is 2. The predicted molar refractivity (Wildman–Crippen MR) is 108 cm³/mol. The number of hydrogen-bond acceptors (Lipinski definition) is 5. The summed E-state index contributed by atoms with van der Waals surface area (Å²) in [5.41, 5.74) is 4.95. The summed E-state index contributed by atoms with van der Waals surface area (Å²) < 4.78 is 16.9. The highest BCUT2D eigenvalue weighted by Crippen LogP contribution is 2.34. The average molecular weight is 393 g/mol. The Morgan fingerprint density at radius 2 is 2.03 bits per heavy atom. The number of cyclic esters (lactones) is 1. The number of hydrogen-bond donors (Lipinski definition) is 2. The monoisotopic (exact) mass is 393 g/mol. The molecule has 2 N–H and O–H groups in total. The first-order valence-electron chi connectivity index (χ1n) is 10.00. The quantitative estimate of drug-likeness (QED) is 0.658. The molecule has 1 unspecified atom stereocenters. The summed E-state index contributed by atoms with van der Waals surface area (Å²) in [7, 11) is 0. The minimum Gasteiger partial charge on any atom is -0.494 e. The number of amides is 1. The van der Waals surface area contributed by atoms with Crippen molar-refractivity contribution in [3.63, 3.8) is 0 Å². The van der Waals surface area contributed by atoms with E-state index in [0.29, 0.717) is 32.1 Å². The van der Waals surface area contributed by atoms with Crippen LogP contribution in [0.1, 0.15) is 29.9 Å². The lowest BCUT2D eigenvalue weighted by Gasteiger charge is -2.13. The van der Waals surface area contributed by atoms with Crippen molar-refractivity contribution < 1.29 is 19.0 Å². The van der Waals surface area contributed by atoms with Crippen molar-refractivity contribution >= 4 is 17.0 Å². The summed E-state index contributed by atoms with van der Waals surface area (Å²) in [6, 6.07) is 12.3. The summed E-state index contributed by atoms with van der Waals surface area (Å²) in [4.78, 5) is 12.0. The van der Waals surface area contributed by atoms with E-state index >= 15 is 0 Å². The van der Waals surface area contributed by atoms with Gasteiger partial charge in [0, 0.05) is 30.0 Å². The molecule has 4 bridgehead atoms. The molecule has 2 aliphatic heterocycles. The molecule has 0 radical (unpaired) electrons. The molecule has 7 heteroatoms. The molecule has 0 aliphatic carbocycles. The molecule has 3 heterocycles. The molecular formula is C22H23N3O4. The number of carbonyl (C=O) groups excluding carboxylic acids is 1. The van der Waals surface area contributed by atoms with Gasteiger partial charge in [0.25, 0.3) is 0 Å². The number of carbonyl (C=O) groups is 1. The topological polar surface area (TPSA) is 85.5 Å². The molecule has 1 amide bonds. The Morgan fingerprint density at radius 1 is 1.07 bits per heavy atom. The second-order valence-corrected chi connectivity index (χ2v) is 7.51. The summed E-state index contributed by atoms with van der Waals surface area (Å²) >= 11 is 0. The fraction of sp³-hybridized carbons (Fsp3) is 0.364. The maximum absolute atomic E-state index is 12.0. The van der Waals surface area contributed by atoms with Gasteiger partial charge in [-0.25, -0.2) is 4.79 Å². The van der Waals surface area contributed by atoms with E-state index in [1.165, 1.54) is 5.56 Å². The Kier molecular flexibility index (Phi) is 4.81. The first kappa shape index (κ1) is 18.0. The Labute approximate surface area is 168 Å². The standard InChI is InChI=1S/C22H23N3O4/c26-22-23-5-1-6-28-18-2-3-20-19(11-18)21(25-24-20)17-9-14(12-29-22)8-16(10-17)15-4-7-27-13-15/h2-3,8-11,15H,1,4-7,12-13H2,(H,23,26)(H,24,25). The van der Waals surface area contributed by atoms with E-state index in [1.54, 1.807) is 0 Å². The molecule has 1 fully saturated rings. The van der Waals surface area contributed by atoms with E-state index in [9.17, 15) is 4.79 Å². The van der Waals surface area contributed by atoms with E-state index in [4.69, 9.17) is 14.2 Å². The molecule has 0 spiro atoms. The molecule has 7 nitrogen and oxygen atoms in total. The lowest BCUT2D eigenvalue weighted by Crippen LogP contribution is -2.26. The third-order valence-corrected chi connectivity index (χ3v) is 5.45. The maximum atomic E-state index is 12.0. The van der Waals surface area contributed by atoms with Crippen molar-refractivity contribution in [3.05, 3.63) is 47.5 Å². The third kappa shape index (κ3) is 3.78. The smallest absolute Gasteiger partial charge is 0.407 e. The van der Waals surface area contributed by atoms with Crippen LogP contribution in [0, 0.1) is 0 Å². The lowest BCUT2D eigenvalue weighted by molar-refractivity contribution is 0.139. The maximum Gasteiger partial charge on any atom is 0.407 e. The zero-order chi connectivity index (χ0) is 19.6. The highest BCUT2D eigenvalue weighted by atomic mass is 16.5. The summed E-state index contributed by atoms with van der Waals surface area (Å²) in [5.74, 6) is 1.13.